The Balaban J connectivity index is 1.38. The van der Waals surface area contributed by atoms with E-state index in [4.69, 9.17) is 4.74 Å². The van der Waals surface area contributed by atoms with E-state index in [2.05, 4.69) is 15.1 Å². The van der Waals surface area contributed by atoms with Crippen LogP contribution in [-0.4, -0.2) is 78.6 Å². The van der Waals surface area contributed by atoms with Gasteiger partial charge in [-0.15, -0.1) is 10.2 Å². The molecular weight excluding hydrogens is 382 g/mol. The smallest absolute Gasteiger partial charge is 0.253 e. The van der Waals surface area contributed by atoms with Gasteiger partial charge >= 0.3 is 0 Å². The van der Waals surface area contributed by atoms with E-state index in [1.54, 1.807) is 31.2 Å². The van der Waals surface area contributed by atoms with Crippen LogP contribution in [0.15, 0.2) is 35.7 Å². The standard InChI is InChI=1S/C18H23N5O4S/c1-21-12-19-20-18(21)28(25,26)16-10-23(11-16)17(24)13-3-5-14(6-4-13)22-8-7-15(9-22)27-2/h3-6,12,15-16H,7-11H2,1-2H3/t15-/m0/s1. The zero-order valence-electron chi connectivity index (χ0n) is 15.9. The van der Waals surface area contributed by atoms with Gasteiger partial charge in [-0.1, -0.05) is 0 Å². The molecule has 1 amide bonds. The summed E-state index contributed by atoms with van der Waals surface area (Å²) in [6, 6.07) is 7.45. The van der Waals surface area contributed by atoms with E-state index in [0.717, 1.165) is 25.2 Å². The number of hydrogen-bond acceptors (Lipinski definition) is 7. The van der Waals surface area contributed by atoms with E-state index in [0.29, 0.717) is 5.56 Å². The lowest BCUT2D eigenvalue weighted by atomic mass is 10.1. The molecule has 9 nitrogen and oxygen atoms in total. The Morgan fingerprint density at radius 3 is 2.46 bits per heavy atom. The number of amides is 1. The molecule has 28 heavy (non-hydrogen) atoms. The second-order valence-electron chi connectivity index (χ2n) is 7.24. The molecule has 2 aromatic rings. The highest BCUT2D eigenvalue weighted by atomic mass is 32.2. The second kappa shape index (κ2) is 7.17. The van der Waals surface area contributed by atoms with Gasteiger partial charge in [-0.2, -0.15) is 0 Å². The van der Waals surface area contributed by atoms with Crippen molar-refractivity contribution in [2.75, 3.05) is 38.2 Å². The van der Waals surface area contributed by atoms with Gasteiger partial charge < -0.3 is 19.1 Å². The molecule has 2 aliphatic rings. The van der Waals surface area contributed by atoms with Crippen molar-refractivity contribution in [1.82, 2.24) is 19.7 Å². The summed E-state index contributed by atoms with van der Waals surface area (Å²) in [6.45, 7) is 2.10. The summed E-state index contributed by atoms with van der Waals surface area (Å²) in [6.07, 6.45) is 2.59. The monoisotopic (exact) mass is 405 g/mol. The van der Waals surface area contributed by atoms with Gasteiger partial charge in [-0.25, -0.2) is 8.42 Å². The molecule has 1 atom stereocenters. The summed E-state index contributed by atoms with van der Waals surface area (Å²) < 4.78 is 31.9. The van der Waals surface area contributed by atoms with Crippen LogP contribution in [0.2, 0.25) is 0 Å². The van der Waals surface area contributed by atoms with Gasteiger partial charge in [-0.3, -0.25) is 4.79 Å². The highest BCUT2D eigenvalue weighted by Crippen LogP contribution is 2.26. The Morgan fingerprint density at radius 2 is 1.89 bits per heavy atom. The first kappa shape index (κ1) is 18.9. The third kappa shape index (κ3) is 3.26. The minimum absolute atomic E-state index is 0.0612. The van der Waals surface area contributed by atoms with Crippen molar-refractivity contribution < 1.29 is 17.9 Å². The predicted molar refractivity (Wildman–Crippen MR) is 102 cm³/mol. The minimum Gasteiger partial charge on any atom is -0.380 e. The van der Waals surface area contributed by atoms with Gasteiger partial charge in [0, 0.05) is 51.6 Å². The highest BCUT2D eigenvalue weighted by molar-refractivity contribution is 7.92. The number of carbonyl (C=O) groups is 1. The molecule has 0 saturated carbocycles. The normalized spacial score (nSPS) is 20.4. The summed E-state index contributed by atoms with van der Waals surface area (Å²) in [5, 5.41) is 6.60. The molecule has 1 aromatic heterocycles. The molecule has 0 radical (unpaired) electrons. The van der Waals surface area contributed by atoms with Gasteiger partial charge in [0.2, 0.25) is 15.0 Å². The van der Waals surface area contributed by atoms with Crippen LogP contribution in [0, 0.1) is 0 Å². The lowest BCUT2D eigenvalue weighted by Gasteiger charge is -2.38. The van der Waals surface area contributed by atoms with E-state index in [1.165, 1.54) is 10.9 Å². The molecule has 0 unspecified atom stereocenters. The molecule has 4 rings (SSSR count). The van der Waals surface area contributed by atoms with Crippen molar-refractivity contribution >= 4 is 21.4 Å². The van der Waals surface area contributed by atoms with Gasteiger partial charge in [0.15, 0.2) is 0 Å². The van der Waals surface area contributed by atoms with E-state index in [9.17, 15) is 13.2 Å². The number of anilines is 1. The average Bonchev–Trinajstić information content (AvgIpc) is 3.29. The lowest BCUT2D eigenvalue weighted by Crippen LogP contribution is -2.57. The molecule has 2 saturated heterocycles. The molecule has 0 spiro atoms. The largest absolute Gasteiger partial charge is 0.380 e. The fourth-order valence-corrected chi connectivity index (χ4v) is 5.29. The second-order valence-corrected chi connectivity index (χ2v) is 9.36. The van der Waals surface area contributed by atoms with Crippen LogP contribution in [0.3, 0.4) is 0 Å². The maximum absolute atomic E-state index is 12.6. The number of likely N-dealkylation sites (tertiary alicyclic amines) is 1. The molecule has 2 aliphatic heterocycles. The molecule has 0 bridgehead atoms. The molecule has 2 fully saturated rings. The number of sulfone groups is 1. The Bertz CT molecular complexity index is 966. The van der Waals surface area contributed by atoms with Crippen LogP contribution < -0.4 is 4.90 Å². The number of methoxy groups -OCH3 is 1. The number of aromatic nitrogens is 3. The number of carbonyl (C=O) groups excluding carboxylic acids is 1. The number of rotatable bonds is 5. The average molecular weight is 405 g/mol. The minimum atomic E-state index is -3.59. The van der Waals surface area contributed by atoms with E-state index >= 15 is 0 Å². The Labute approximate surface area is 163 Å². The molecule has 10 heteroatoms. The van der Waals surface area contributed by atoms with Crippen LogP contribution in [-0.2, 0) is 21.6 Å². The zero-order chi connectivity index (χ0) is 19.9. The summed E-state index contributed by atoms with van der Waals surface area (Å²) in [5.74, 6) is -0.160. The van der Waals surface area contributed by atoms with E-state index in [-0.39, 0.29) is 30.3 Å². The van der Waals surface area contributed by atoms with E-state index < -0.39 is 15.1 Å². The molecule has 0 N–H and O–H groups in total. The third-order valence-electron chi connectivity index (χ3n) is 5.46. The highest BCUT2D eigenvalue weighted by Gasteiger charge is 2.42. The number of hydrogen-bond donors (Lipinski definition) is 0. The Morgan fingerprint density at radius 1 is 1.18 bits per heavy atom. The van der Waals surface area contributed by atoms with Gasteiger partial charge in [0.25, 0.3) is 5.91 Å². The number of ether oxygens (including phenoxy) is 1. The SMILES string of the molecule is CO[C@H]1CCN(c2ccc(C(=O)N3CC(S(=O)(=O)c4nncn4C)C3)cc2)C1. The number of benzene rings is 1. The molecule has 1 aromatic carbocycles. The predicted octanol–water partition coefficient (Wildman–Crippen LogP) is 0.339. The molecule has 0 aliphatic carbocycles. The fraction of sp³-hybridized carbons (Fsp3) is 0.500. The quantitative estimate of drug-likeness (QED) is 0.707. The molecule has 3 heterocycles. The van der Waals surface area contributed by atoms with Crippen LogP contribution >= 0.6 is 0 Å². The first-order valence-corrected chi connectivity index (χ1v) is 10.7. The summed E-state index contributed by atoms with van der Waals surface area (Å²) in [7, 11) is -0.275. The Kier molecular flexibility index (Phi) is 4.84. The summed E-state index contributed by atoms with van der Waals surface area (Å²) in [5.41, 5.74) is 1.61. The maximum Gasteiger partial charge on any atom is 0.253 e. The topological polar surface area (TPSA) is 97.6 Å². The Hall–Kier alpha value is -2.46. The summed E-state index contributed by atoms with van der Waals surface area (Å²) in [4.78, 5) is 16.4. The van der Waals surface area contributed by atoms with Gasteiger partial charge in [0.1, 0.15) is 11.6 Å². The molecule has 150 valence electrons. The van der Waals surface area contributed by atoms with Gasteiger partial charge in [-0.05, 0) is 30.7 Å². The lowest BCUT2D eigenvalue weighted by molar-refractivity contribution is 0.0658. The third-order valence-corrected chi connectivity index (χ3v) is 7.51. The number of aryl methyl sites for hydroxylation is 1. The van der Waals surface area contributed by atoms with E-state index in [1.807, 2.05) is 12.1 Å². The van der Waals surface area contributed by atoms with Crippen LogP contribution in [0.5, 0.6) is 0 Å². The van der Waals surface area contributed by atoms with Gasteiger partial charge in [0.05, 0.1) is 6.10 Å². The fourth-order valence-electron chi connectivity index (χ4n) is 3.63. The summed E-state index contributed by atoms with van der Waals surface area (Å²) >= 11 is 0. The van der Waals surface area contributed by atoms with Crippen molar-refractivity contribution in [3.05, 3.63) is 36.2 Å². The maximum atomic E-state index is 12.6. The first-order valence-electron chi connectivity index (χ1n) is 9.15. The molecular formula is C18H23N5O4S. The number of nitrogens with zero attached hydrogens (tertiary/aromatic N) is 5. The van der Waals surface area contributed by atoms with Crippen molar-refractivity contribution in [3.8, 4) is 0 Å². The van der Waals surface area contributed by atoms with Crippen LogP contribution in [0.1, 0.15) is 16.8 Å². The van der Waals surface area contributed by atoms with Crippen molar-refractivity contribution in [2.24, 2.45) is 7.05 Å². The first-order chi connectivity index (χ1) is 13.4. The van der Waals surface area contributed by atoms with Crippen LogP contribution in [0.4, 0.5) is 5.69 Å². The van der Waals surface area contributed by atoms with Crippen molar-refractivity contribution in [2.45, 2.75) is 22.9 Å². The van der Waals surface area contributed by atoms with Crippen molar-refractivity contribution in [1.29, 1.82) is 0 Å². The zero-order valence-corrected chi connectivity index (χ0v) is 16.7. The van der Waals surface area contributed by atoms with Crippen LogP contribution in [0.25, 0.3) is 0 Å². The van der Waals surface area contributed by atoms with Crippen molar-refractivity contribution in [3.63, 3.8) is 0 Å².